The second kappa shape index (κ2) is 4.35. The molecule has 0 unspecified atom stereocenters. The number of alkyl halides is 7. The van der Waals surface area contributed by atoms with Gasteiger partial charge >= 0.3 is 18.0 Å². The number of rotatable bonds is 3. The van der Waals surface area contributed by atoms with Crippen LogP contribution >= 0.6 is 0 Å². The Kier molecular flexibility index (Phi) is 3.48. The van der Waals surface area contributed by atoms with Gasteiger partial charge in [0.25, 0.3) is 5.69 Å². The SMILES string of the molecule is O=[N+]([O-])c1ccc(C(F)(F)C(F)(F)C(F)(F)F)cc1. The molecule has 0 aromatic heterocycles. The van der Waals surface area contributed by atoms with Crippen molar-refractivity contribution in [3.63, 3.8) is 0 Å². The first-order valence-electron chi connectivity index (χ1n) is 4.48. The fourth-order valence-electron chi connectivity index (χ4n) is 1.15. The first-order chi connectivity index (χ1) is 8.41. The van der Waals surface area contributed by atoms with E-state index in [9.17, 15) is 40.8 Å². The Morgan fingerprint density at radius 2 is 1.32 bits per heavy atom. The van der Waals surface area contributed by atoms with Gasteiger partial charge in [-0.3, -0.25) is 10.1 Å². The standard InChI is InChI=1S/C9H4F7NO2/c10-7(11,8(12,13)9(14,15)16)5-1-3-6(4-2-5)17(18)19/h1-4H. The average Bonchev–Trinajstić information content (AvgIpc) is 2.27. The van der Waals surface area contributed by atoms with Crippen molar-refractivity contribution in [3.8, 4) is 0 Å². The number of halogens is 7. The highest BCUT2D eigenvalue weighted by Crippen LogP contribution is 2.51. The number of nitro benzene ring substituents is 1. The van der Waals surface area contributed by atoms with Gasteiger partial charge in [0.2, 0.25) is 0 Å². The van der Waals surface area contributed by atoms with Crippen LogP contribution < -0.4 is 0 Å². The molecule has 0 amide bonds. The van der Waals surface area contributed by atoms with Crippen molar-refractivity contribution in [2.24, 2.45) is 0 Å². The van der Waals surface area contributed by atoms with Crippen LogP contribution in [0.5, 0.6) is 0 Å². The molecule has 0 aliphatic heterocycles. The fourth-order valence-corrected chi connectivity index (χ4v) is 1.15. The van der Waals surface area contributed by atoms with Gasteiger partial charge in [-0.05, 0) is 12.1 Å². The van der Waals surface area contributed by atoms with Crippen molar-refractivity contribution in [1.82, 2.24) is 0 Å². The molecule has 0 spiro atoms. The van der Waals surface area contributed by atoms with Gasteiger partial charge in [0.05, 0.1) is 4.92 Å². The van der Waals surface area contributed by atoms with Gasteiger partial charge in [-0.1, -0.05) is 0 Å². The Hall–Kier alpha value is -1.87. The highest BCUT2D eigenvalue weighted by Gasteiger charge is 2.73. The van der Waals surface area contributed by atoms with Crippen LogP contribution in [0, 0.1) is 10.1 Å². The van der Waals surface area contributed by atoms with Gasteiger partial charge in [0, 0.05) is 17.7 Å². The van der Waals surface area contributed by atoms with Crippen LogP contribution in [0.15, 0.2) is 24.3 Å². The van der Waals surface area contributed by atoms with E-state index in [1.54, 1.807) is 0 Å². The van der Waals surface area contributed by atoms with Crippen molar-refractivity contribution in [2.45, 2.75) is 18.0 Å². The maximum Gasteiger partial charge on any atom is 0.460 e. The minimum Gasteiger partial charge on any atom is -0.258 e. The Morgan fingerprint density at radius 3 is 1.63 bits per heavy atom. The lowest BCUT2D eigenvalue weighted by Crippen LogP contribution is -2.49. The number of benzene rings is 1. The van der Waals surface area contributed by atoms with Crippen molar-refractivity contribution >= 4 is 5.69 Å². The van der Waals surface area contributed by atoms with E-state index < -0.39 is 34.2 Å². The van der Waals surface area contributed by atoms with E-state index in [0.717, 1.165) is 0 Å². The highest BCUT2D eigenvalue weighted by molar-refractivity contribution is 5.35. The Balaban J connectivity index is 3.24. The summed E-state index contributed by atoms with van der Waals surface area (Å²) in [6.07, 6.45) is -6.45. The van der Waals surface area contributed by atoms with Crippen LogP contribution in [0.4, 0.5) is 36.4 Å². The normalized spacial score (nSPS) is 13.4. The van der Waals surface area contributed by atoms with Crippen LogP contribution in [0.2, 0.25) is 0 Å². The molecule has 0 radical (unpaired) electrons. The first kappa shape index (κ1) is 15.2. The number of nitrogens with zero attached hydrogens (tertiary/aromatic N) is 1. The molecular formula is C9H4F7NO2. The summed E-state index contributed by atoms with van der Waals surface area (Å²) in [5.74, 6) is -11.8. The lowest BCUT2D eigenvalue weighted by Gasteiger charge is -2.28. The summed E-state index contributed by atoms with van der Waals surface area (Å²) in [5.41, 5.74) is -2.38. The third-order valence-corrected chi connectivity index (χ3v) is 2.19. The van der Waals surface area contributed by atoms with Gasteiger partial charge in [0.15, 0.2) is 0 Å². The smallest absolute Gasteiger partial charge is 0.258 e. The first-order valence-corrected chi connectivity index (χ1v) is 4.48. The Bertz CT molecular complexity index is 480. The zero-order valence-electron chi connectivity index (χ0n) is 8.72. The van der Waals surface area contributed by atoms with E-state index in [1.165, 1.54) is 0 Å². The topological polar surface area (TPSA) is 43.1 Å². The molecule has 0 fully saturated rings. The summed E-state index contributed by atoms with van der Waals surface area (Å²) in [5, 5.41) is 10.2. The van der Waals surface area contributed by atoms with Crippen LogP contribution in [-0.2, 0) is 5.92 Å². The highest BCUT2D eigenvalue weighted by atomic mass is 19.4. The molecule has 106 valence electrons. The lowest BCUT2D eigenvalue weighted by atomic mass is 10.0. The maximum absolute atomic E-state index is 13.1. The minimum atomic E-state index is -6.45. The molecule has 19 heavy (non-hydrogen) atoms. The molecule has 0 saturated heterocycles. The second-order valence-electron chi connectivity index (χ2n) is 3.45. The molecule has 0 heterocycles. The number of hydrogen-bond acceptors (Lipinski definition) is 2. The molecule has 10 heteroatoms. The molecule has 1 aromatic carbocycles. The largest absolute Gasteiger partial charge is 0.460 e. The third kappa shape index (κ3) is 2.47. The van der Waals surface area contributed by atoms with E-state index in [0.29, 0.717) is 12.1 Å². The van der Waals surface area contributed by atoms with E-state index in [2.05, 4.69) is 0 Å². The second-order valence-corrected chi connectivity index (χ2v) is 3.45. The number of hydrogen-bond donors (Lipinski definition) is 0. The average molecular weight is 291 g/mol. The Labute approximate surface area is 100 Å². The quantitative estimate of drug-likeness (QED) is 0.482. The van der Waals surface area contributed by atoms with Crippen LogP contribution in [0.1, 0.15) is 5.56 Å². The molecule has 0 N–H and O–H groups in total. The summed E-state index contributed by atoms with van der Waals surface area (Å²) < 4.78 is 87.2. The Morgan fingerprint density at radius 1 is 0.895 bits per heavy atom. The summed E-state index contributed by atoms with van der Waals surface area (Å²) in [7, 11) is 0. The van der Waals surface area contributed by atoms with E-state index in [4.69, 9.17) is 0 Å². The van der Waals surface area contributed by atoms with Gasteiger partial charge in [0.1, 0.15) is 0 Å². The predicted molar refractivity (Wildman–Crippen MR) is 48.0 cm³/mol. The number of non-ortho nitro benzene ring substituents is 1. The van der Waals surface area contributed by atoms with Crippen molar-refractivity contribution < 1.29 is 35.7 Å². The fraction of sp³-hybridized carbons (Fsp3) is 0.333. The summed E-state index contributed by atoms with van der Waals surface area (Å²) >= 11 is 0. The van der Waals surface area contributed by atoms with Gasteiger partial charge < -0.3 is 0 Å². The van der Waals surface area contributed by atoms with Crippen LogP contribution in [-0.4, -0.2) is 17.0 Å². The van der Waals surface area contributed by atoms with Gasteiger partial charge in [-0.15, -0.1) is 0 Å². The zero-order chi connectivity index (χ0) is 15.1. The van der Waals surface area contributed by atoms with Gasteiger partial charge in [-0.2, -0.15) is 30.7 Å². The van der Waals surface area contributed by atoms with E-state index >= 15 is 0 Å². The molecule has 0 bridgehead atoms. The zero-order valence-corrected chi connectivity index (χ0v) is 8.72. The van der Waals surface area contributed by atoms with Crippen molar-refractivity contribution in [2.75, 3.05) is 0 Å². The predicted octanol–water partition coefficient (Wildman–Crippen LogP) is 3.88. The molecule has 0 atom stereocenters. The summed E-state index contributed by atoms with van der Waals surface area (Å²) in [6.45, 7) is 0. The molecule has 0 saturated carbocycles. The van der Waals surface area contributed by atoms with E-state index in [1.807, 2.05) is 0 Å². The van der Waals surface area contributed by atoms with Gasteiger partial charge in [-0.25, -0.2) is 0 Å². The van der Waals surface area contributed by atoms with Crippen molar-refractivity contribution in [3.05, 3.63) is 39.9 Å². The molecule has 0 aliphatic carbocycles. The van der Waals surface area contributed by atoms with Crippen LogP contribution in [0.25, 0.3) is 0 Å². The molecule has 3 nitrogen and oxygen atoms in total. The monoisotopic (exact) mass is 291 g/mol. The van der Waals surface area contributed by atoms with E-state index in [-0.39, 0.29) is 12.1 Å². The van der Waals surface area contributed by atoms with Crippen LogP contribution in [0.3, 0.4) is 0 Å². The molecule has 0 aliphatic rings. The maximum atomic E-state index is 13.1. The molecule has 1 rings (SSSR count). The summed E-state index contributed by atoms with van der Waals surface area (Å²) in [4.78, 5) is 9.20. The molecular weight excluding hydrogens is 287 g/mol. The number of nitro groups is 1. The van der Waals surface area contributed by atoms with Crippen molar-refractivity contribution in [1.29, 1.82) is 0 Å². The summed E-state index contributed by atoms with van der Waals surface area (Å²) in [6, 6.07) is 1.13. The minimum absolute atomic E-state index is 0.151. The third-order valence-electron chi connectivity index (χ3n) is 2.19. The molecule has 1 aromatic rings. The lowest BCUT2D eigenvalue weighted by molar-refractivity contribution is -0.385.